The lowest BCUT2D eigenvalue weighted by atomic mass is 10.1. The molecule has 0 unspecified atom stereocenters. The number of aromatic nitrogens is 1. The van der Waals surface area contributed by atoms with Crippen LogP contribution in [0.1, 0.15) is 38.5 Å². The highest BCUT2D eigenvalue weighted by molar-refractivity contribution is 5.98. The van der Waals surface area contributed by atoms with Crippen molar-refractivity contribution >= 4 is 23.4 Å². The molecule has 1 N–H and O–H groups in total. The Hall–Kier alpha value is -4.39. The summed E-state index contributed by atoms with van der Waals surface area (Å²) < 4.78 is 12.1. The minimum Gasteiger partial charge on any atom is -0.467 e. The van der Waals surface area contributed by atoms with Crippen molar-refractivity contribution in [3.8, 4) is 6.07 Å². The van der Waals surface area contributed by atoms with Crippen LogP contribution < -0.4 is 5.32 Å². The molecule has 10 nitrogen and oxygen atoms in total. The van der Waals surface area contributed by atoms with Crippen molar-refractivity contribution < 1.29 is 23.7 Å². The molecule has 2 heterocycles. The van der Waals surface area contributed by atoms with Crippen LogP contribution in [0.2, 0.25) is 0 Å². The number of para-hydroxylation sites is 1. The van der Waals surface area contributed by atoms with E-state index in [9.17, 15) is 25.0 Å². The van der Waals surface area contributed by atoms with E-state index in [2.05, 4.69) is 11.4 Å². The Kier molecular flexibility index (Phi) is 6.39. The predicted molar refractivity (Wildman–Crippen MR) is 113 cm³/mol. The highest BCUT2D eigenvalue weighted by Gasteiger charge is 2.25. The fourth-order valence-electron chi connectivity index (χ4n) is 3.33. The molecule has 0 saturated carbocycles. The maximum absolute atomic E-state index is 12.5. The third-order valence-corrected chi connectivity index (χ3v) is 5.07. The van der Waals surface area contributed by atoms with E-state index in [0.29, 0.717) is 16.9 Å². The van der Waals surface area contributed by atoms with E-state index in [1.54, 1.807) is 23.6 Å². The number of amides is 1. The number of nitrogens with one attached hydrogen (secondary N) is 1. The fraction of sp³-hybridized carbons (Fsp3) is 0.227. The van der Waals surface area contributed by atoms with Crippen molar-refractivity contribution in [1.29, 1.82) is 5.26 Å². The zero-order chi connectivity index (χ0) is 23.4. The predicted octanol–water partition coefficient (Wildman–Crippen LogP) is 3.63. The van der Waals surface area contributed by atoms with Gasteiger partial charge in [-0.15, -0.1) is 0 Å². The molecule has 164 valence electrons. The summed E-state index contributed by atoms with van der Waals surface area (Å²) >= 11 is 0. The lowest BCUT2D eigenvalue weighted by Gasteiger charge is -2.12. The van der Waals surface area contributed by atoms with E-state index in [1.165, 1.54) is 31.4 Å². The normalized spacial score (nSPS) is 10.4. The van der Waals surface area contributed by atoms with Gasteiger partial charge >= 0.3 is 5.97 Å². The van der Waals surface area contributed by atoms with Crippen LogP contribution in [0.3, 0.4) is 0 Å². The molecule has 0 saturated heterocycles. The molecular formula is C22H20N4O6. The molecule has 0 atom stereocenters. The van der Waals surface area contributed by atoms with Gasteiger partial charge in [-0.3, -0.25) is 14.9 Å². The minimum atomic E-state index is -0.991. The maximum atomic E-state index is 12.5. The lowest BCUT2D eigenvalue weighted by Crippen LogP contribution is -2.23. The van der Waals surface area contributed by atoms with Gasteiger partial charge in [0, 0.05) is 11.3 Å². The zero-order valence-corrected chi connectivity index (χ0v) is 17.7. The highest BCUT2D eigenvalue weighted by atomic mass is 16.6. The largest absolute Gasteiger partial charge is 0.467 e. The SMILES string of the molecule is Cc1cccc(C(=O)OCC(=O)Nc2c(C#N)c(C)c(C)n2Cc2ccco2)c1[N+](=O)[O-]. The molecule has 0 aliphatic carbocycles. The van der Waals surface area contributed by atoms with Gasteiger partial charge in [0.05, 0.1) is 23.3 Å². The third kappa shape index (κ3) is 4.37. The van der Waals surface area contributed by atoms with Gasteiger partial charge in [-0.05, 0) is 44.5 Å². The molecule has 0 radical (unpaired) electrons. The summed E-state index contributed by atoms with van der Waals surface area (Å²) in [5.74, 6) is -0.805. The number of esters is 1. The average Bonchev–Trinajstić information content (AvgIpc) is 3.34. The standard InChI is InChI=1S/C22H20N4O6/c1-13-6-4-8-17(20(13)26(29)30)22(28)32-12-19(27)24-21-18(10-23)14(2)15(3)25(21)11-16-7-5-9-31-16/h4-9H,11-12H2,1-3H3,(H,24,27). The van der Waals surface area contributed by atoms with Crippen LogP contribution in [0.4, 0.5) is 11.5 Å². The van der Waals surface area contributed by atoms with Crippen molar-refractivity contribution in [2.24, 2.45) is 0 Å². The number of hydrogen-bond acceptors (Lipinski definition) is 7. The van der Waals surface area contributed by atoms with Crippen molar-refractivity contribution in [2.75, 3.05) is 11.9 Å². The van der Waals surface area contributed by atoms with Crippen LogP contribution >= 0.6 is 0 Å². The molecule has 0 aliphatic heterocycles. The van der Waals surface area contributed by atoms with Gasteiger partial charge in [0.2, 0.25) is 0 Å². The monoisotopic (exact) mass is 436 g/mol. The Morgan fingerprint density at radius 2 is 2.00 bits per heavy atom. The molecule has 3 aromatic rings. The second kappa shape index (κ2) is 9.18. The number of furan rings is 1. The molecule has 0 aliphatic rings. The summed E-state index contributed by atoms with van der Waals surface area (Å²) in [4.78, 5) is 35.5. The van der Waals surface area contributed by atoms with Crippen LogP contribution in [0.5, 0.6) is 0 Å². The molecule has 0 fully saturated rings. The van der Waals surface area contributed by atoms with Crippen LogP contribution in [0.25, 0.3) is 0 Å². The summed E-state index contributed by atoms with van der Waals surface area (Å²) in [6.45, 7) is 4.68. The van der Waals surface area contributed by atoms with Crippen LogP contribution in [0, 0.1) is 42.2 Å². The number of nitro groups is 1. The summed E-state index contributed by atoms with van der Waals surface area (Å²) in [6.07, 6.45) is 1.52. The summed E-state index contributed by atoms with van der Waals surface area (Å²) in [5, 5.41) is 23.4. The zero-order valence-electron chi connectivity index (χ0n) is 17.7. The second-order valence-corrected chi connectivity index (χ2v) is 7.06. The molecule has 2 aromatic heterocycles. The molecule has 1 aromatic carbocycles. The fourth-order valence-corrected chi connectivity index (χ4v) is 3.33. The Morgan fingerprint density at radius 1 is 1.25 bits per heavy atom. The molecule has 0 spiro atoms. The number of ether oxygens (including phenoxy) is 1. The third-order valence-electron chi connectivity index (χ3n) is 5.07. The number of carbonyl (C=O) groups excluding carboxylic acids is 2. The van der Waals surface area contributed by atoms with Crippen LogP contribution in [-0.4, -0.2) is 28.0 Å². The molecule has 10 heteroatoms. The first kappa shape index (κ1) is 22.3. The van der Waals surface area contributed by atoms with E-state index < -0.39 is 23.4 Å². The molecule has 1 amide bonds. The number of nitro benzene ring substituents is 1. The molecule has 3 rings (SSSR count). The van der Waals surface area contributed by atoms with Gasteiger partial charge in [-0.1, -0.05) is 12.1 Å². The van der Waals surface area contributed by atoms with Crippen molar-refractivity contribution in [3.05, 3.63) is 80.4 Å². The number of hydrogen-bond donors (Lipinski definition) is 1. The van der Waals surface area contributed by atoms with Gasteiger partial charge in [0.1, 0.15) is 23.2 Å². The van der Waals surface area contributed by atoms with E-state index in [-0.39, 0.29) is 29.2 Å². The minimum absolute atomic E-state index is 0.242. The lowest BCUT2D eigenvalue weighted by molar-refractivity contribution is -0.385. The van der Waals surface area contributed by atoms with Gasteiger partial charge in [-0.25, -0.2) is 4.79 Å². The number of carbonyl (C=O) groups is 2. The Bertz CT molecular complexity index is 1230. The Balaban J connectivity index is 1.78. The van der Waals surface area contributed by atoms with Crippen LogP contribution in [0.15, 0.2) is 41.0 Å². The van der Waals surface area contributed by atoms with Crippen molar-refractivity contribution in [2.45, 2.75) is 27.3 Å². The highest BCUT2D eigenvalue weighted by Crippen LogP contribution is 2.28. The van der Waals surface area contributed by atoms with E-state index in [1.807, 2.05) is 6.92 Å². The molecule has 32 heavy (non-hydrogen) atoms. The number of aryl methyl sites for hydroxylation is 1. The van der Waals surface area contributed by atoms with Crippen molar-refractivity contribution in [3.63, 3.8) is 0 Å². The molecular weight excluding hydrogens is 416 g/mol. The smallest absolute Gasteiger partial charge is 0.345 e. The maximum Gasteiger partial charge on any atom is 0.345 e. The Labute approximate surface area is 183 Å². The first-order valence-corrected chi connectivity index (χ1v) is 9.57. The van der Waals surface area contributed by atoms with Gasteiger partial charge in [-0.2, -0.15) is 5.26 Å². The first-order valence-electron chi connectivity index (χ1n) is 9.57. The summed E-state index contributed by atoms with van der Waals surface area (Å²) in [5.41, 5.74) is 1.43. The summed E-state index contributed by atoms with van der Waals surface area (Å²) in [6, 6.07) is 9.83. The number of nitrogens with zero attached hydrogens (tertiary/aromatic N) is 3. The number of benzene rings is 1. The number of anilines is 1. The quantitative estimate of drug-likeness (QED) is 0.339. The van der Waals surface area contributed by atoms with Crippen LogP contribution in [-0.2, 0) is 16.1 Å². The van der Waals surface area contributed by atoms with Gasteiger partial charge < -0.3 is 19.0 Å². The van der Waals surface area contributed by atoms with E-state index in [4.69, 9.17) is 9.15 Å². The topological polar surface area (TPSA) is 140 Å². The van der Waals surface area contributed by atoms with E-state index >= 15 is 0 Å². The van der Waals surface area contributed by atoms with E-state index in [0.717, 1.165) is 5.69 Å². The average molecular weight is 436 g/mol. The Morgan fingerprint density at radius 3 is 2.62 bits per heavy atom. The molecule has 0 bridgehead atoms. The first-order chi connectivity index (χ1) is 15.2. The van der Waals surface area contributed by atoms with Gasteiger partial charge in [0.25, 0.3) is 11.6 Å². The number of rotatable bonds is 7. The van der Waals surface area contributed by atoms with Gasteiger partial charge in [0.15, 0.2) is 6.61 Å². The second-order valence-electron chi connectivity index (χ2n) is 7.06. The van der Waals surface area contributed by atoms with Crippen molar-refractivity contribution in [1.82, 2.24) is 4.57 Å². The summed E-state index contributed by atoms with van der Waals surface area (Å²) in [7, 11) is 0. The number of nitriles is 1.